The average molecular weight is 1530 g/mol. The number of aliphatic hydroxyl groups is 2. The average Bonchev–Trinajstić information content (AvgIpc) is 1.57. The van der Waals surface area contributed by atoms with Gasteiger partial charge in [-0.2, -0.15) is 0 Å². The highest BCUT2D eigenvalue weighted by molar-refractivity contribution is 7.48. The summed E-state index contributed by atoms with van der Waals surface area (Å²) in [5, 5.41) is 20.4. The van der Waals surface area contributed by atoms with E-state index in [1.807, 2.05) is 45.4 Å². The van der Waals surface area contributed by atoms with Crippen molar-refractivity contribution in [1.29, 1.82) is 0 Å². The van der Waals surface area contributed by atoms with E-state index in [2.05, 4.69) is 164 Å². The summed E-state index contributed by atoms with van der Waals surface area (Å²) in [6.45, 7) is 16.9. The van der Waals surface area contributed by atoms with Crippen molar-refractivity contribution in [1.82, 2.24) is 0 Å². The number of methoxy groups -OCH3 is 2. The zero-order valence-corrected chi connectivity index (χ0v) is 65.0. The number of quaternary nitrogens is 1. The van der Waals surface area contributed by atoms with Gasteiger partial charge in [0.1, 0.15) is 26.7 Å². The lowest BCUT2D eigenvalue weighted by Crippen LogP contribution is -2.37. The summed E-state index contributed by atoms with van der Waals surface area (Å²) in [6.07, 6.45) is 16.2. The number of phosphoric acid groups is 2. The summed E-state index contributed by atoms with van der Waals surface area (Å²) in [4.78, 5) is 10.0. The van der Waals surface area contributed by atoms with Crippen molar-refractivity contribution in [2.75, 3.05) is 95.1 Å². The topological polar surface area (TPSA) is 178 Å². The zero-order valence-electron chi connectivity index (χ0n) is 63.2. The molecule has 17 heteroatoms. The second-order valence-electron chi connectivity index (χ2n) is 30.5. The Labute approximate surface area is 652 Å². The van der Waals surface area contributed by atoms with Gasteiger partial charge in [0.2, 0.25) is 0 Å². The van der Waals surface area contributed by atoms with Crippen LogP contribution in [0.1, 0.15) is 171 Å². The van der Waals surface area contributed by atoms with Gasteiger partial charge in [0.05, 0.1) is 65.9 Å². The summed E-state index contributed by atoms with van der Waals surface area (Å²) in [5.74, 6) is 0.756. The van der Waals surface area contributed by atoms with Gasteiger partial charge >= 0.3 is 15.6 Å². The number of ether oxygens (including phenoxy) is 4. The minimum atomic E-state index is -4.05. The Morgan fingerprint density at radius 3 is 1.21 bits per heavy atom. The van der Waals surface area contributed by atoms with Gasteiger partial charge < -0.3 is 38.5 Å². The molecule has 13 rings (SSSR count). The molecule has 4 fully saturated rings. The Morgan fingerprint density at radius 2 is 0.835 bits per heavy atom. The molecule has 0 amide bonds. The molecule has 0 radical (unpaired) electrons. The van der Waals surface area contributed by atoms with Crippen LogP contribution < -0.4 is 0 Å². The molecule has 6 aromatic rings. The summed E-state index contributed by atoms with van der Waals surface area (Å²) in [5.41, 5.74) is 18.6. The van der Waals surface area contributed by atoms with Crippen LogP contribution in [0.3, 0.4) is 0 Å². The monoisotopic (exact) mass is 1530 g/mol. The van der Waals surface area contributed by atoms with Crippen LogP contribution in [-0.2, 0) is 50.7 Å². The first-order valence-electron chi connectivity index (χ1n) is 38.4. The Hall–Kier alpha value is -6.30. The summed E-state index contributed by atoms with van der Waals surface area (Å²) < 4.78 is 74.3. The maximum atomic E-state index is 12.3. The molecule has 6 aliphatic carbocycles. The van der Waals surface area contributed by atoms with Crippen LogP contribution in [0, 0.1) is 34.0 Å². The number of rotatable bonds is 35. The Balaban J connectivity index is 0.000000204. The van der Waals surface area contributed by atoms with E-state index in [1.165, 1.54) is 72.4 Å². The van der Waals surface area contributed by atoms with E-state index in [4.69, 9.17) is 54.7 Å². The number of aliphatic hydroxyl groups excluding tert-OH is 2. The minimum Gasteiger partial charge on any atom is -0.396 e. The van der Waals surface area contributed by atoms with Crippen LogP contribution in [0.2, 0.25) is 0 Å². The van der Waals surface area contributed by atoms with Crippen LogP contribution in [-0.4, -0.2) is 133 Å². The third kappa shape index (κ3) is 20.6. The second kappa shape index (κ2) is 40.9. The lowest BCUT2D eigenvalue weighted by molar-refractivity contribution is -0.870. The highest BCUT2D eigenvalue weighted by Crippen LogP contribution is 2.70. The standard InChI is InChI=1S/C31H42NO5P.C30H37O6P.C28H34O3.3CH4/c1-24(25-13-7-5-8-14-25)31-19-18-29(33)28(31)23-27(30(31)26-15-9-6-10-16-26)17-11-12-21-36-38(34,35)37-22-20-32(2,3)4;1-23(24-11-5-3-6-12-24)30-17-16-28(33-22-32-2)27(30)21-26(29(30)25-13-7-4-8-14-25)15-9-10-18-34-37(31)35-19-20-36-37;1-21(22-11-5-3-6-12-22)28-17-16-26(31-20-30-2)25(28)19-24(15-9-10-18-29)27(28)23-13-7-4-8-14-23;;;/h5-10,13-16,28-29,33H,1,11-12,17-23H2,2-4H3;3-8,11-14,27-28H,1,9-10,15-22H2,2H3;3-8,11-14,25-26,29H,1,9-10,15-20H2,2H3;3*1H4/p+1/t28?,29-,31+;27?,28-,30+;25?,26-,28+;;;/m111.../s1. The molecule has 109 heavy (non-hydrogen) atoms. The molecule has 592 valence electrons. The lowest BCUT2D eigenvalue weighted by atomic mass is 9.66. The van der Waals surface area contributed by atoms with E-state index >= 15 is 0 Å². The molecule has 3 saturated carbocycles. The largest absolute Gasteiger partial charge is 0.474 e. The van der Waals surface area contributed by atoms with Crippen molar-refractivity contribution in [3.05, 3.63) is 252 Å². The number of allylic oxidation sites excluding steroid dienone is 9. The van der Waals surface area contributed by atoms with Crippen molar-refractivity contribution in [2.45, 2.75) is 156 Å². The van der Waals surface area contributed by atoms with Gasteiger partial charge in [0, 0.05) is 54.8 Å². The Bertz CT molecular complexity index is 4040. The van der Waals surface area contributed by atoms with E-state index in [0.29, 0.717) is 62.7 Å². The predicted octanol–water partition coefficient (Wildman–Crippen LogP) is 21.6. The molecule has 0 spiro atoms. The molecular weight excluding hydrogens is 1400 g/mol. The van der Waals surface area contributed by atoms with Gasteiger partial charge in [-0.3, -0.25) is 22.6 Å². The summed E-state index contributed by atoms with van der Waals surface area (Å²) in [7, 11) is 1.97. The SMILES string of the molecule is C.C.C.C=C(c1ccccc1)[C@@]12CC[C@@H](O)C1CC(CCCCOP(=O)(O)OCC[N+](C)(C)C)=C2c1ccccc1.C=C(c1ccccc1)[C@@]12CC[C@@H](OCOC)C1CC(CCCCO)=C2c1ccccc1.C=C(c1ccccc1)[C@@]12CC[C@@H](OCOC)C1CC(CCCCOP1(=O)OCCO1)=C2c1ccccc1. The van der Waals surface area contributed by atoms with E-state index in [0.717, 1.165) is 120 Å². The molecule has 0 aromatic heterocycles. The van der Waals surface area contributed by atoms with Gasteiger partial charge in [-0.25, -0.2) is 9.13 Å². The van der Waals surface area contributed by atoms with Gasteiger partial charge in [0.15, 0.2) is 0 Å². The highest BCUT2D eigenvalue weighted by Gasteiger charge is 2.60. The number of phosphoric ester groups is 2. The van der Waals surface area contributed by atoms with Gasteiger partial charge in [-0.15, -0.1) is 0 Å². The molecule has 4 unspecified atom stereocenters. The lowest BCUT2D eigenvalue weighted by Gasteiger charge is -2.37. The third-order valence-electron chi connectivity index (χ3n) is 23.2. The number of unbranched alkanes of at least 4 members (excludes halogenated alkanes) is 3. The molecule has 1 heterocycles. The van der Waals surface area contributed by atoms with Crippen LogP contribution in [0.15, 0.2) is 218 Å². The zero-order chi connectivity index (χ0) is 74.8. The molecule has 1 saturated heterocycles. The summed E-state index contributed by atoms with van der Waals surface area (Å²) in [6, 6.07) is 63.7. The van der Waals surface area contributed by atoms with E-state index in [-0.39, 0.29) is 82.6 Å². The molecule has 7 aliphatic rings. The molecule has 3 N–H and O–H groups in total. The van der Waals surface area contributed by atoms with Crippen molar-refractivity contribution in [2.24, 2.45) is 34.0 Å². The summed E-state index contributed by atoms with van der Waals surface area (Å²) >= 11 is 0. The first kappa shape index (κ1) is 88.3. The molecule has 1 aliphatic heterocycles. The van der Waals surface area contributed by atoms with E-state index < -0.39 is 15.6 Å². The fourth-order valence-electron chi connectivity index (χ4n) is 18.6. The predicted molar refractivity (Wildman–Crippen MR) is 444 cm³/mol. The number of hydrogen-bond donors (Lipinski definition) is 3. The minimum absolute atomic E-state index is 0. The number of nitrogens with zero attached hydrogens (tertiary/aromatic N) is 1. The Morgan fingerprint density at radius 1 is 0.495 bits per heavy atom. The molecule has 15 nitrogen and oxygen atoms in total. The highest BCUT2D eigenvalue weighted by atomic mass is 31.2. The van der Waals surface area contributed by atoms with Gasteiger partial charge in [-0.05, 0) is 182 Å². The Kier molecular flexibility index (Phi) is 33.2. The molecule has 6 aromatic carbocycles. The number of benzene rings is 6. The van der Waals surface area contributed by atoms with Gasteiger partial charge in [-0.1, -0.05) is 241 Å². The normalized spacial score (nSPS) is 24.8. The van der Waals surface area contributed by atoms with Crippen LogP contribution in [0.5, 0.6) is 0 Å². The maximum Gasteiger partial charge on any atom is 0.474 e. The van der Waals surface area contributed by atoms with E-state index in [1.54, 1.807) is 14.2 Å². The second-order valence-corrected chi connectivity index (χ2v) is 33.6. The fourth-order valence-corrected chi connectivity index (χ4v) is 20.5. The van der Waals surface area contributed by atoms with Crippen molar-refractivity contribution in [3.8, 4) is 0 Å². The maximum absolute atomic E-state index is 12.3. The number of fused-ring (bicyclic) bond motifs is 3. The fraction of sp³-hybridized carbons (Fsp3) is 0.478. The first-order valence-corrected chi connectivity index (χ1v) is 41.3. The third-order valence-corrected chi connectivity index (χ3v) is 25.8. The van der Waals surface area contributed by atoms with Crippen LogP contribution >= 0.6 is 15.6 Å². The van der Waals surface area contributed by atoms with Crippen molar-refractivity contribution < 1.29 is 70.3 Å². The van der Waals surface area contributed by atoms with Crippen molar-refractivity contribution >= 4 is 49.1 Å². The van der Waals surface area contributed by atoms with Crippen LogP contribution in [0.25, 0.3) is 33.4 Å². The van der Waals surface area contributed by atoms with E-state index in [9.17, 15) is 24.2 Å². The first-order chi connectivity index (χ1) is 51.3. The molecular formula is C92H126NO14P2+. The number of hydrogen-bond acceptors (Lipinski definition) is 13. The van der Waals surface area contributed by atoms with Crippen molar-refractivity contribution in [3.63, 3.8) is 0 Å². The number of likely N-dealkylation sites (N-methyl/N-ethyl adjacent to an activating group) is 1. The van der Waals surface area contributed by atoms with Gasteiger partial charge in [0.25, 0.3) is 0 Å². The molecule has 10 atom stereocenters. The smallest absolute Gasteiger partial charge is 0.396 e. The quantitative estimate of drug-likeness (QED) is 0.0148. The van der Waals surface area contributed by atoms with Crippen LogP contribution in [0.4, 0.5) is 0 Å². The molecule has 0 bridgehead atoms.